The Balaban J connectivity index is 2.56. The van der Waals surface area contributed by atoms with Gasteiger partial charge in [0.15, 0.2) is 0 Å². The molecular weight excluding hydrogens is 329 g/mol. The van der Waals surface area contributed by atoms with Crippen LogP contribution in [0.1, 0.15) is 12.8 Å². The highest BCUT2D eigenvalue weighted by molar-refractivity contribution is 7.89. The molecule has 108 valence electrons. The van der Waals surface area contributed by atoms with Gasteiger partial charge in [0.05, 0.1) is 5.02 Å². The third kappa shape index (κ3) is 2.48. The number of nitrogens with zero attached hydrogens (tertiary/aromatic N) is 1. The summed E-state index contributed by atoms with van der Waals surface area (Å²) in [4.78, 5) is 22.4. The SMILES string of the molecule is O=C(O)C1CCC(=O)N1S(=O)(=O)c1cc(Cl)ccc1Cl. The molecule has 9 heteroatoms. The largest absolute Gasteiger partial charge is 0.480 e. The Morgan fingerprint density at radius 1 is 1.35 bits per heavy atom. The lowest BCUT2D eigenvalue weighted by Crippen LogP contribution is -2.42. The number of sulfonamides is 1. The number of amides is 1. The van der Waals surface area contributed by atoms with Gasteiger partial charge in [-0.15, -0.1) is 0 Å². The van der Waals surface area contributed by atoms with Crippen LogP contribution in [-0.2, 0) is 19.6 Å². The number of benzene rings is 1. The Morgan fingerprint density at radius 3 is 2.60 bits per heavy atom. The summed E-state index contributed by atoms with van der Waals surface area (Å²) in [7, 11) is -4.35. The van der Waals surface area contributed by atoms with Gasteiger partial charge in [-0.05, 0) is 24.6 Å². The smallest absolute Gasteiger partial charge is 0.327 e. The van der Waals surface area contributed by atoms with E-state index in [1.807, 2.05) is 0 Å². The molecule has 0 bridgehead atoms. The standard InChI is InChI=1S/C11H9Cl2NO5S/c12-6-1-2-7(13)9(5-6)20(18,19)14-8(11(16)17)3-4-10(14)15/h1-2,5,8H,3-4H2,(H,16,17). The molecule has 2 rings (SSSR count). The number of halogens is 2. The topological polar surface area (TPSA) is 91.8 Å². The van der Waals surface area contributed by atoms with Gasteiger partial charge in [0.2, 0.25) is 5.91 Å². The van der Waals surface area contributed by atoms with Crippen molar-refractivity contribution in [1.82, 2.24) is 4.31 Å². The van der Waals surface area contributed by atoms with Gasteiger partial charge in [0.1, 0.15) is 10.9 Å². The minimum Gasteiger partial charge on any atom is -0.480 e. The summed E-state index contributed by atoms with van der Waals surface area (Å²) in [5.41, 5.74) is 0. The van der Waals surface area contributed by atoms with Gasteiger partial charge in [0, 0.05) is 11.4 Å². The molecule has 0 radical (unpaired) electrons. The molecule has 1 amide bonds. The molecule has 0 aromatic heterocycles. The minimum absolute atomic E-state index is 0.0639. The van der Waals surface area contributed by atoms with Crippen LogP contribution >= 0.6 is 23.2 Å². The van der Waals surface area contributed by atoms with Crippen LogP contribution in [0.5, 0.6) is 0 Å². The lowest BCUT2D eigenvalue weighted by Gasteiger charge is -2.22. The molecule has 0 aliphatic carbocycles. The number of hydrogen-bond donors (Lipinski definition) is 1. The molecule has 1 aromatic carbocycles. The van der Waals surface area contributed by atoms with E-state index in [0.29, 0.717) is 4.31 Å². The van der Waals surface area contributed by atoms with Crippen LogP contribution in [0.25, 0.3) is 0 Å². The lowest BCUT2D eigenvalue weighted by molar-refractivity contribution is -0.143. The molecule has 6 nitrogen and oxygen atoms in total. The van der Waals surface area contributed by atoms with Crippen molar-refractivity contribution in [3.05, 3.63) is 28.2 Å². The molecule has 1 aliphatic rings. The molecule has 1 heterocycles. The first-order chi connectivity index (χ1) is 9.25. The van der Waals surface area contributed by atoms with E-state index in [2.05, 4.69) is 0 Å². The van der Waals surface area contributed by atoms with Gasteiger partial charge in [-0.3, -0.25) is 4.79 Å². The predicted molar refractivity (Wildman–Crippen MR) is 71.2 cm³/mol. The van der Waals surface area contributed by atoms with Crippen molar-refractivity contribution in [2.24, 2.45) is 0 Å². The molecule has 1 N–H and O–H groups in total. The van der Waals surface area contributed by atoms with Gasteiger partial charge in [-0.2, -0.15) is 0 Å². The average molecular weight is 338 g/mol. The third-order valence-corrected chi connectivity index (χ3v) is 5.42. The highest BCUT2D eigenvalue weighted by Crippen LogP contribution is 2.32. The molecule has 1 fully saturated rings. The highest BCUT2D eigenvalue weighted by Gasteiger charge is 2.45. The van der Waals surface area contributed by atoms with Crippen LogP contribution in [-0.4, -0.2) is 35.7 Å². The third-order valence-electron chi connectivity index (χ3n) is 2.88. The number of aliphatic carboxylic acids is 1. The normalized spacial score (nSPS) is 19.4. The predicted octanol–water partition coefficient (Wildman–Crippen LogP) is 1.76. The summed E-state index contributed by atoms with van der Waals surface area (Å²) < 4.78 is 25.2. The van der Waals surface area contributed by atoms with E-state index in [1.165, 1.54) is 12.1 Å². The summed E-state index contributed by atoms with van der Waals surface area (Å²) >= 11 is 11.5. The summed E-state index contributed by atoms with van der Waals surface area (Å²) in [6.45, 7) is 0. The Bertz CT molecular complexity index is 688. The first kappa shape index (κ1) is 15.1. The van der Waals surface area contributed by atoms with Gasteiger partial charge >= 0.3 is 5.97 Å². The molecule has 1 unspecified atom stereocenters. The summed E-state index contributed by atoms with van der Waals surface area (Å²) in [5, 5.41) is 9.01. The molecule has 20 heavy (non-hydrogen) atoms. The van der Waals surface area contributed by atoms with Crippen molar-refractivity contribution in [1.29, 1.82) is 0 Å². The van der Waals surface area contributed by atoms with Crippen LogP contribution in [0.15, 0.2) is 23.1 Å². The fraction of sp³-hybridized carbons (Fsp3) is 0.273. The second-order valence-corrected chi connectivity index (χ2v) is 6.79. The first-order valence-electron chi connectivity index (χ1n) is 5.50. The quantitative estimate of drug-likeness (QED) is 0.907. The number of hydrogen-bond acceptors (Lipinski definition) is 4. The zero-order valence-electron chi connectivity index (χ0n) is 9.92. The van der Waals surface area contributed by atoms with Crippen molar-refractivity contribution >= 4 is 45.1 Å². The minimum atomic E-state index is -4.35. The van der Waals surface area contributed by atoms with Crippen LogP contribution < -0.4 is 0 Å². The van der Waals surface area contributed by atoms with E-state index >= 15 is 0 Å². The molecule has 1 aliphatic heterocycles. The number of carbonyl (C=O) groups excluding carboxylic acids is 1. The van der Waals surface area contributed by atoms with Crippen molar-refractivity contribution in [2.75, 3.05) is 0 Å². The monoisotopic (exact) mass is 337 g/mol. The van der Waals surface area contributed by atoms with Crippen LogP contribution in [0.2, 0.25) is 10.0 Å². The maximum atomic E-state index is 12.4. The summed E-state index contributed by atoms with van der Waals surface area (Å²) in [6, 6.07) is 2.34. The van der Waals surface area contributed by atoms with Crippen molar-refractivity contribution in [2.45, 2.75) is 23.8 Å². The highest BCUT2D eigenvalue weighted by atomic mass is 35.5. The number of carboxylic acid groups (broad SMARTS) is 1. The van der Waals surface area contributed by atoms with Gasteiger partial charge < -0.3 is 5.11 Å². The fourth-order valence-electron chi connectivity index (χ4n) is 1.97. The van der Waals surface area contributed by atoms with Gasteiger partial charge in [-0.25, -0.2) is 17.5 Å². The van der Waals surface area contributed by atoms with Crippen LogP contribution in [0.3, 0.4) is 0 Å². The Kier molecular flexibility index (Phi) is 3.95. The Hall–Kier alpha value is -1.31. The van der Waals surface area contributed by atoms with E-state index in [4.69, 9.17) is 28.3 Å². The van der Waals surface area contributed by atoms with Crippen LogP contribution in [0, 0.1) is 0 Å². The zero-order chi connectivity index (χ0) is 15.1. The summed E-state index contributed by atoms with van der Waals surface area (Å²) in [6.07, 6.45) is -0.208. The average Bonchev–Trinajstić information content (AvgIpc) is 2.75. The zero-order valence-corrected chi connectivity index (χ0v) is 12.2. The van der Waals surface area contributed by atoms with E-state index in [9.17, 15) is 18.0 Å². The first-order valence-corrected chi connectivity index (χ1v) is 7.70. The summed E-state index contributed by atoms with van der Waals surface area (Å²) in [5.74, 6) is -2.15. The van der Waals surface area contributed by atoms with E-state index in [-0.39, 0.29) is 27.8 Å². The maximum Gasteiger partial charge on any atom is 0.327 e. The molecule has 1 saturated heterocycles. The van der Waals surface area contributed by atoms with E-state index < -0.39 is 27.9 Å². The second-order valence-electron chi connectivity index (χ2n) is 4.16. The van der Waals surface area contributed by atoms with Crippen molar-refractivity contribution in [3.8, 4) is 0 Å². The Morgan fingerprint density at radius 2 is 2.00 bits per heavy atom. The Labute approximate surface area is 124 Å². The fourth-order valence-corrected chi connectivity index (χ4v) is 4.31. The van der Waals surface area contributed by atoms with Gasteiger partial charge in [0.25, 0.3) is 10.0 Å². The lowest BCUT2D eigenvalue weighted by atomic mass is 10.2. The molecule has 0 spiro atoms. The van der Waals surface area contributed by atoms with Gasteiger partial charge in [-0.1, -0.05) is 23.2 Å². The molecule has 1 atom stereocenters. The maximum absolute atomic E-state index is 12.4. The van der Waals surface area contributed by atoms with E-state index in [0.717, 1.165) is 6.07 Å². The number of rotatable bonds is 3. The second kappa shape index (κ2) is 5.23. The van der Waals surface area contributed by atoms with Crippen LogP contribution in [0.4, 0.5) is 0 Å². The van der Waals surface area contributed by atoms with Crippen molar-refractivity contribution < 1.29 is 23.1 Å². The van der Waals surface area contributed by atoms with Crippen molar-refractivity contribution in [3.63, 3.8) is 0 Å². The number of carbonyl (C=O) groups is 2. The molecular formula is C11H9Cl2NO5S. The number of carboxylic acids is 1. The molecule has 1 aromatic rings. The molecule has 0 saturated carbocycles. The van der Waals surface area contributed by atoms with E-state index in [1.54, 1.807) is 0 Å².